The van der Waals surface area contributed by atoms with Crippen molar-refractivity contribution in [1.29, 1.82) is 0 Å². The van der Waals surface area contributed by atoms with Crippen molar-refractivity contribution in [3.8, 4) is 17.3 Å². The largest absolute Gasteiger partial charge is 0.457 e. The highest BCUT2D eigenvalue weighted by Crippen LogP contribution is 2.47. The van der Waals surface area contributed by atoms with E-state index < -0.39 is 8.07 Å². The van der Waals surface area contributed by atoms with Gasteiger partial charge in [0.05, 0.1) is 22.4 Å². The highest BCUT2D eigenvalue weighted by Gasteiger charge is 2.46. The molecule has 2 aromatic heterocycles. The molecule has 8 aromatic carbocycles. The zero-order valence-corrected chi connectivity index (χ0v) is 44.1. The van der Waals surface area contributed by atoms with E-state index >= 15 is 0 Å². The zero-order chi connectivity index (χ0) is 50.0. The van der Waals surface area contributed by atoms with Crippen LogP contribution >= 0.6 is 0 Å². The quantitative estimate of drug-likeness (QED) is 0.107. The number of pyridine rings is 1. The van der Waals surface area contributed by atoms with Gasteiger partial charge < -0.3 is 14.5 Å². The maximum absolute atomic E-state index is 6.94. The van der Waals surface area contributed by atoms with Gasteiger partial charge in [0.15, 0.2) is 8.07 Å². The van der Waals surface area contributed by atoms with Gasteiger partial charge >= 0.3 is 0 Å². The Labute approximate surface area is 427 Å². The van der Waals surface area contributed by atoms with Crippen LogP contribution in [0.2, 0.25) is 0 Å². The second-order valence-corrected chi connectivity index (χ2v) is 26.3. The molecule has 1 aliphatic heterocycles. The fourth-order valence-electron chi connectivity index (χ4n) is 10.8. The molecule has 72 heavy (non-hydrogen) atoms. The molecule has 0 bridgehead atoms. The molecule has 0 N–H and O–H groups in total. The van der Waals surface area contributed by atoms with E-state index in [1.807, 2.05) is 6.20 Å². The van der Waals surface area contributed by atoms with Crippen molar-refractivity contribution < 1.29 is 4.74 Å². The lowest BCUT2D eigenvalue weighted by Crippen LogP contribution is -2.75. The van der Waals surface area contributed by atoms with Crippen LogP contribution in [-0.4, -0.2) is 24.3 Å². The number of anilines is 4. The minimum absolute atomic E-state index is 0.0211. The smallest absolute Gasteiger partial charge is 0.181 e. The van der Waals surface area contributed by atoms with Gasteiger partial charge in [-0.1, -0.05) is 196 Å². The van der Waals surface area contributed by atoms with E-state index in [9.17, 15) is 0 Å². The molecule has 11 rings (SSSR count). The van der Waals surface area contributed by atoms with Gasteiger partial charge in [-0.05, 0) is 114 Å². The Balaban J connectivity index is 1.09. The summed E-state index contributed by atoms with van der Waals surface area (Å²) in [5.74, 6) is 2.43. The van der Waals surface area contributed by atoms with Crippen molar-refractivity contribution in [2.45, 2.75) is 78.6 Å². The number of fused-ring (bicyclic) bond motifs is 4. The first-order chi connectivity index (χ1) is 34.6. The van der Waals surface area contributed by atoms with Gasteiger partial charge in [0, 0.05) is 40.5 Å². The molecule has 0 saturated heterocycles. The molecule has 10 aromatic rings. The predicted octanol–water partition coefficient (Wildman–Crippen LogP) is 14.5. The third-order valence-electron chi connectivity index (χ3n) is 14.7. The van der Waals surface area contributed by atoms with E-state index in [-0.39, 0.29) is 16.2 Å². The minimum Gasteiger partial charge on any atom is -0.457 e. The fraction of sp³-hybridized carbons (Fsp3) is 0.197. The average molecular weight is 957 g/mol. The first-order valence-electron chi connectivity index (χ1n) is 25.4. The van der Waals surface area contributed by atoms with Crippen molar-refractivity contribution >= 4 is 73.4 Å². The number of hydrogen-bond donors (Lipinski definition) is 0. The summed E-state index contributed by atoms with van der Waals surface area (Å²) in [7, 11) is -3.00. The van der Waals surface area contributed by atoms with Crippen LogP contribution in [0, 0.1) is 0 Å². The molecule has 3 heterocycles. The van der Waals surface area contributed by atoms with Crippen LogP contribution in [0.1, 0.15) is 79.0 Å². The van der Waals surface area contributed by atoms with Crippen LogP contribution in [0.4, 0.5) is 22.7 Å². The average Bonchev–Trinajstić information content (AvgIpc) is 3.94. The summed E-state index contributed by atoms with van der Waals surface area (Å²) in [5.41, 5.74) is 10.6. The molecule has 6 heteroatoms. The van der Waals surface area contributed by atoms with Crippen molar-refractivity contribution in [1.82, 2.24) is 9.55 Å². The van der Waals surface area contributed by atoms with Gasteiger partial charge in [0.2, 0.25) is 0 Å². The standard InChI is InChI=1S/C66H64N4OSi/c1-64(2,3)46-37-38-67-62(42-46)70-58-32-20-19-31-56(58)57-36-35-52(44-60(57)70)71-51-24-21-23-49(43-51)68-45-69(50-40-47(65(4,5)6)39-48(41-50)66(7,8)9)63-59(68)33-22-34-61(63)72(53-25-13-10-14-26-53,54-27-15-11-16-28-54)55-29-17-12-18-30-55/h10-44H,45H2,1-9H3. The lowest BCUT2D eigenvalue weighted by Gasteiger charge is -2.37. The van der Waals surface area contributed by atoms with E-state index in [0.29, 0.717) is 6.67 Å². The van der Waals surface area contributed by atoms with Gasteiger partial charge in [-0.25, -0.2) is 4.98 Å². The Kier molecular flexibility index (Phi) is 11.6. The zero-order valence-electron chi connectivity index (χ0n) is 43.1. The summed E-state index contributed by atoms with van der Waals surface area (Å²) in [5, 5.41) is 7.72. The van der Waals surface area contributed by atoms with Crippen LogP contribution in [-0.2, 0) is 16.2 Å². The SMILES string of the molecule is CC(C)(C)c1cc(N2CN(c3cccc(Oc4ccc5c6ccccc6n(-c6cc(C(C)(C)C)ccn6)c5c4)c3)c3cccc([Si](c4ccccc4)(c4ccccc4)c4ccccc4)c32)cc(C(C)(C)C)c1. The molecule has 0 unspecified atom stereocenters. The summed E-state index contributed by atoms with van der Waals surface area (Å²) in [4.78, 5) is 10.0. The van der Waals surface area contributed by atoms with Gasteiger partial charge in [0.25, 0.3) is 0 Å². The van der Waals surface area contributed by atoms with E-state index in [1.165, 1.54) is 59.9 Å². The van der Waals surface area contributed by atoms with Crippen molar-refractivity contribution in [3.05, 3.63) is 229 Å². The first-order valence-corrected chi connectivity index (χ1v) is 27.4. The molecule has 0 radical (unpaired) electrons. The summed E-state index contributed by atoms with van der Waals surface area (Å²) < 4.78 is 9.22. The third kappa shape index (κ3) is 8.27. The van der Waals surface area contributed by atoms with E-state index in [4.69, 9.17) is 9.72 Å². The Morgan fingerprint density at radius 3 is 1.60 bits per heavy atom. The van der Waals surface area contributed by atoms with Gasteiger partial charge in [0.1, 0.15) is 24.0 Å². The van der Waals surface area contributed by atoms with Crippen LogP contribution < -0.4 is 35.3 Å². The molecule has 358 valence electrons. The number of benzene rings is 8. The Bertz CT molecular complexity index is 3470. The summed E-state index contributed by atoms with van der Waals surface area (Å²) in [6.07, 6.45) is 1.93. The minimum atomic E-state index is -3.00. The first kappa shape index (κ1) is 46.7. The molecule has 0 saturated carbocycles. The number of aromatic nitrogens is 2. The van der Waals surface area contributed by atoms with E-state index in [2.05, 4.69) is 283 Å². The molecule has 0 atom stereocenters. The third-order valence-corrected chi connectivity index (χ3v) is 19.5. The Hall–Kier alpha value is -7.67. The molecule has 0 amide bonds. The predicted molar refractivity (Wildman–Crippen MR) is 307 cm³/mol. The number of hydrogen-bond acceptors (Lipinski definition) is 4. The van der Waals surface area contributed by atoms with Crippen molar-refractivity contribution in [3.63, 3.8) is 0 Å². The normalized spacial score (nSPS) is 13.2. The Morgan fingerprint density at radius 2 is 0.986 bits per heavy atom. The van der Waals surface area contributed by atoms with Crippen molar-refractivity contribution in [2.24, 2.45) is 0 Å². The summed E-state index contributed by atoms with van der Waals surface area (Å²) >= 11 is 0. The summed E-state index contributed by atoms with van der Waals surface area (Å²) in [6, 6.07) is 76.2. The topological polar surface area (TPSA) is 33.5 Å². The highest BCUT2D eigenvalue weighted by molar-refractivity contribution is 7.20. The molecule has 0 aliphatic carbocycles. The van der Waals surface area contributed by atoms with Gasteiger partial charge in [-0.15, -0.1) is 0 Å². The second-order valence-electron chi connectivity index (χ2n) is 22.6. The monoisotopic (exact) mass is 956 g/mol. The molecular weight excluding hydrogens is 893 g/mol. The maximum Gasteiger partial charge on any atom is 0.181 e. The molecule has 1 aliphatic rings. The van der Waals surface area contributed by atoms with Crippen LogP contribution in [0.5, 0.6) is 11.5 Å². The van der Waals surface area contributed by atoms with Crippen molar-refractivity contribution in [2.75, 3.05) is 16.5 Å². The second kappa shape index (κ2) is 17.9. The number of ether oxygens (including phenoxy) is 1. The lowest BCUT2D eigenvalue weighted by atomic mass is 9.80. The van der Waals surface area contributed by atoms with Crippen LogP contribution in [0.15, 0.2) is 212 Å². The van der Waals surface area contributed by atoms with Gasteiger partial charge in [-0.3, -0.25) is 4.57 Å². The lowest BCUT2D eigenvalue weighted by molar-refractivity contribution is 0.483. The number of para-hydroxylation sites is 2. The number of nitrogens with zero attached hydrogens (tertiary/aromatic N) is 4. The molecule has 5 nitrogen and oxygen atoms in total. The fourth-order valence-corrected chi connectivity index (χ4v) is 15.8. The molecular formula is C66H64N4OSi. The summed E-state index contributed by atoms with van der Waals surface area (Å²) in [6.45, 7) is 21.3. The molecule has 0 fully saturated rings. The number of rotatable bonds is 9. The Morgan fingerprint density at radius 1 is 0.431 bits per heavy atom. The highest BCUT2D eigenvalue weighted by atomic mass is 28.3. The molecule has 0 spiro atoms. The van der Waals surface area contributed by atoms with E-state index in [1.54, 1.807) is 0 Å². The maximum atomic E-state index is 6.94. The van der Waals surface area contributed by atoms with Gasteiger partial charge in [-0.2, -0.15) is 0 Å². The van der Waals surface area contributed by atoms with Crippen LogP contribution in [0.25, 0.3) is 27.6 Å². The van der Waals surface area contributed by atoms with E-state index in [0.717, 1.165) is 39.4 Å². The van der Waals surface area contributed by atoms with Crippen LogP contribution in [0.3, 0.4) is 0 Å².